The molecule has 4 heteroatoms. The van der Waals surface area contributed by atoms with E-state index in [1.807, 2.05) is 18.2 Å². The van der Waals surface area contributed by atoms with Crippen LogP contribution in [0.15, 0.2) is 48.5 Å². The lowest BCUT2D eigenvalue weighted by atomic mass is 10.2. The molecule has 0 saturated carbocycles. The first-order chi connectivity index (χ1) is 9.79. The number of nitrogens with one attached hydrogen (secondary N) is 1. The highest BCUT2D eigenvalue weighted by atomic mass is 35.5. The van der Waals surface area contributed by atoms with E-state index in [0.29, 0.717) is 0 Å². The van der Waals surface area contributed by atoms with Crippen molar-refractivity contribution in [2.45, 2.75) is 6.10 Å². The number of hydrogen-bond acceptors (Lipinski definition) is 3. The average molecular weight is 302 g/mol. The van der Waals surface area contributed by atoms with Crippen LogP contribution in [0, 0.1) is 0 Å². The van der Waals surface area contributed by atoms with Gasteiger partial charge in [-0.25, -0.2) is 0 Å². The van der Waals surface area contributed by atoms with E-state index in [4.69, 9.17) is 16.3 Å². The summed E-state index contributed by atoms with van der Waals surface area (Å²) in [6.07, 6.45) is 0.0566. The van der Waals surface area contributed by atoms with E-state index >= 15 is 0 Å². The molecule has 0 amide bonds. The molecule has 4 rings (SSSR count). The molecule has 0 fully saturated rings. The lowest BCUT2D eigenvalue weighted by Crippen LogP contribution is -2.22. The number of fused-ring (bicyclic) bond motifs is 2. The highest BCUT2D eigenvalue weighted by Crippen LogP contribution is 2.39. The van der Waals surface area contributed by atoms with E-state index in [9.17, 15) is 0 Å². The third-order valence-corrected chi connectivity index (χ3v) is 4.89. The topological polar surface area (TPSA) is 21.3 Å². The van der Waals surface area contributed by atoms with Crippen molar-refractivity contribution in [2.24, 2.45) is 0 Å². The Hall–Kier alpha value is -1.71. The number of benzene rings is 2. The van der Waals surface area contributed by atoms with Crippen molar-refractivity contribution in [1.29, 1.82) is 0 Å². The number of hydrogen-bond donors (Lipinski definition) is 1. The summed E-state index contributed by atoms with van der Waals surface area (Å²) in [6, 6.07) is 16.3. The Kier molecular flexibility index (Phi) is 2.83. The summed E-state index contributed by atoms with van der Waals surface area (Å²) in [5.74, 6) is 0.864. The van der Waals surface area contributed by atoms with Gasteiger partial charge in [-0.1, -0.05) is 29.8 Å². The Bertz CT molecular complexity index is 750. The number of thiophene rings is 1. The molecular weight excluding hydrogens is 290 g/mol. The molecule has 0 radical (unpaired) electrons. The quantitative estimate of drug-likeness (QED) is 0.675. The smallest absolute Gasteiger partial charge is 0.150 e. The Morgan fingerprint density at radius 1 is 1.15 bits per heavy atom. The highest BCUT2D eigenvalue weighted by Gasteiger charge is 2.22. The molecule has 0 spiro atoms. The first-order valence-electron chi connectivity index (χ1n) is 6.48. The lowest BCUT2D eigenvalue weighted by Gasteiger charge is -2.26. The second-order valence-electron chi connectivity index (χ2n) is 4.81. The number of halogens is 1. The molecule has 1 aliphatic heterocycles. The van der Waals surface area contributed by atoms with Crippen LogP contribution in [0.4, 0.5) is 5.69 Å². The lowest BCUT2D eigenvalue weighted by molar-refractivity contribution is 0.214. The van der Waals surface area contributed by atoms with Gasteiger partial charge in [0.2, 0.25) is 0 Å². The zero-order chi connectivity index (χ0) is 13.5. The molecule has 1 aliphatic rings. The Balaban J connectivity index is 1.69. The largest absolute Gasteiger partial charge is 0.481 e. The van der Waals surface area contributed by atoms with Crippen LogP contribution in [-0.4, -0.2) is 6.54 Å². The summed E-state index contributed by atoms with van der Waals surface area (Å²) in [4.78, 5) is 1.25. The molecule has 1 atom stereocenters. The molecule has 2 aromatic carbocycles. The Morgan fingerprint density at radius 2 is 2.05 bits per heavy atom. The van der Waals surface area contributed by atoms with Gasteiger partial charge in [0.15, 0.2) is 6.10 Å². The average Bonchev–Trinajstić information content (AvgIpc) is 2.90. The van der Waals surface area contributed by atoms with Gasteiger partial charge >= 0.3 is 0 Å². The minimum Gasteiger partial charge on any atom is -0.481 e. The summed E-state index contributed by atoms with van der Waals surface area (Å²) in [5, 5.41) is 5.39. The fourth-order valence-corrected chi connectivity index (χ4v) is 3.73. The van der Waals surface area contributed by atoms with Crippen molar-refractivity contribution in [3.05, 3.63) is 58.4 Å². The third kappa shape index (κ3) is 2.03. The molecule has 1 aromatic heterocycles. The van der Waals surface area contributed by atoms with Gasteiger partial charge in [0.1, 0.15) is 5.75 Å². The van der Waals surface area contributed by atoms with Crippen molar-refractivity contribution < 1.29 is 4.74 Å². The minimum atomic E-state index is 0.0566. The van der Waals surface area contributed by atoms with Gasteiger partial charge in [0, 0.05) is 14.6 Å². The van der Waals surface area contributed by atoms with Crippen molar-refractivity contribution in [3.8, 4) is 5.75 Å². The molecule has 0 saturated heterocycles. The molecule has 3 aromatic rings. The molecule has 20 heavy (non-hydrogen) atoms. The van der Waals surface area contributed by atoms with E-state index in [2.05, 4.69) is 35.6 Å². The number of ether oxygens (including phenoxy) is 1. The van der Waals surface area contributed by atoms with Gasteiger partial charge < -0.3 is 10.1 Å². The molecule has 0 aliphatic carbocycles. The summed E-state index contributed by atoms with van der Waals surface area (Å²) in [7, 11) is 0. The third-order valence-electron chi connectivity index (χ3n) is 3.45. The van der Waals surface area contributed by atoms with Crippen LogP contribution in [0.5, 0.6) is 5.75 Å². The Morgan fingerprint density at radius 3 is 2.95 bits per heavy atom. The predicted molar refractivity (Wildman–Crippen MR) is 85.1 cm³/mol. The summed E-state index contributed by atoms with van der Waals surface area (Å²) < 4.78 is 7.39. The van der Waals surface area contributed by atoms with Crippen LogP contribution in [0.25, 0.3) is 10.1 Å². The molecule has 1 unspecified atom stereocenters. The van der Waals surface area contributed by atoms with Crippen LogP contribution in [0.1, 0.15) is 11.0 Å². The summed E-state index contributed by atoms with van der Waals surface area (Å²) in [6.45, 7) is 0.764. The first-order valence-corrected chi connectivity index (χ1v) is 7.67. The zero-order valence-corrected chi connectivity index (χ0v) is 12.2. The van der Waals surface area contributed by atoms with E-state index in [1.54, 1.807) is 11.3 Å². The molecule has 2 heterocycles. The maximum atomic E-state index is 6.09. The monoisotopic (exact) mass is 301 g/mol. The van der Waals surface area contributed by atoms with E-state index in [0.717, 1.165) is 23.0 Å². The van der Waals surface area contributed by atoms with E-state index < -0.39 is 0 Å². The predicted octanol–water partition coefficient (Wildman–Crippen LogP) is 5.10. The van der Waals surface area contributed by atoms with Gasteiger partial charge in [-0.15, -0.1) is 11.3 Å². The fraction of sp³-hybridized carbons (Fsp3) is 0.125. The van der Waals surface area contributed by atoms with Crippen LogP contribution in [0.3, 0.4) is 0 Å². The number of anilines is 1. The normalized spacial score (nSPS) is 17.4. The van der Waals surface area contributed by atoms with Gasteiger partial charge in [-0.3, -0.25) is 0 Å². The maximum absolute atomic E-state index is 6.09. The SMILES string of the molecule is Clc1ccc2c(c1)NCC(c1cc3ccccc3s1)O2. The van der Waals surface area contributed by atoms with Crippen LogP contribution >= 0.6 is 22.9 Å². The number of rotatable bonds is 1. The molecule has 1 N–H and O–H groups in total. The van der Waals surface area contributed by atoms with Gasteiger partial charge in [0.05, 0.1) is 12.2 Å². The van der Waals surface area contributed by atoms with Gasteiger partial charge in [-0.2, -0.15) is 0 Å². The van der Waals surface area contributed by atoms with E-state index in [1.165, 1.54) is 15.0 Å². The van der Waals surface area contributed by atoms with Crippen molar-refractivity contribution in [1.82, 2.24) is 0 Å². The summed E-state index contributed by atoms with van der Waals surface area (Å²) in [5.41, 5.74) is 0.967. The molecule has 100 valence electrons. The Labute approximate surface area is 126 Å². The fourth-order valence-electron chi connectivity index (χ4n) is 2.46. The maximum Gasteiger partial charge on any atom is 0.150 e. The van der Waals surface area contributed by atoms with E-state index in [-0.39, 0.29) is 6.10 Å². The van der Waals surface area contributed by atoms with Crippen LogP contribution in [0.2, 0.25) is 5.02 Å². The summed E-state index contributed by atoms with van der Waals surface area (Å²) >= 11 is 7.78. The minimum absolute atomic E-state index is 0.0566. The standard InChI is InChI=1S/C16H12ClNOS/c17-11-5-6-13-12(8-11)18-9-14(19-13)16-7-10-3-1-2-4-15(10)20-16/h1-8,14,18H,9H2. The molecule has 2 nitrogen and oxygen atoms in total. The second kappa shape index (κ2) is 4.69. The van der Waals surface area contributed by atoms with Crippen molar-refractivity contribution >= 4 is 38.7 Å². The van der Waals surface area contributed by atoms with Crippen molar-refractivity contribution in [2.75, 3.05) is 11.9 Å². The van der Waals surface area contributed by atoms with Gasteiger partial charge in [0.25, 0.3) is 0 Å². The van der Waals surface area contributed by atoms with Crippen LogP contribution < -0.4 is 10.1 Å². The van der Waals surface area contributed by atoms with Crippen molar-refractivity contribution in [3.63, 3.8) is 0 Å². The van der Waals surface area contributed by atoms with Gasteiger partial charge in [-0.05, 0) is 35.7 Å². The van der Waals surface area contributed by atoms with Crippen LogP contribution in [-0.2, 0) is 0 Å². The molecular formula is C16H12ClNOS. The second-order valence-corrected chi connectivity index (χ2v) is 6.37. The molecule has 0 bridgehead atoms. The zero-order valence-electron chi connectivity index (χ0n) is 10.6. The highest BCUT2D eigenvalue weighted by molar-refractivity contribution is 7.19. The first kappa shape index (κ1) is 12.1.